The Balaban J connectivity index is 2.00. The molecule has 0 aromatic heterocycles. The van der Waals surface area contributed by atoms with Crippen LogP contribution >= 0.6 is 0 Å². The maximum absolute atomic E-state index is 12.5. The summed E-state index contributed by atoms with van der Waals surface area (Å²) in [5.41, 5.74) is 0.971. The molecule has 0 saturated carbocycles. The van der Waals surface area contributed by atoms with E-state index in [1.807, 2.05) is 30.3 Å². The molecule has 1 aromatic carbocycles. The molecule has 2 unspecified atom stereocenters. The molecule has 136 valence electrons. The number of hydrogen-bond acceptors (Lipinski definition) is 6. The summed E-state index contributed by atoms with van der Waals surface area (Å²) in [5.74, 6) is -1.31. The lowest BCUT2D eigenvalue weighted by Gasteiger charge is -2.33. The quantitative estimate of drug-likeness (QED) is 0.792. The number of urea groups is 1. The Hall–Kier alpha value is -2.61. The number of hydrogen-bond donors (Lipinski definition) is 1. The zero-order valence-electron chi connectivity index (χ0n) is 14.3. The number of amides is 2. The van der Waals surface area contributed by atoms with Crippen LogP contribution in [0.2, 0.25) is 0 Å². The molecule has 2 amide bonds. The van der Waals surface area contributed by atoms with Crippen molar-refractivity contribution in [3.63, 3.8) is 0 Å². The molecule has 0 aliphatic carbocycles. The molecule has 8 heteroatoms. The van der Waals surface area contributed by atoms with Gasteiger partial charge in [0.2, 0.25) is 0 Å². The minimum Gasteiger partial charge on any atom is -0.469 e. The molecule has 25 heavy (non-hydrogen) atoms. The van der Waals surface area contributed by atoms with Gasteiger partial charge in [-0.3, -0.25) is 4.79 Å². The average molecular weight is 350 g/mol. The first-order valence-electron chi connectivity index (χ1n) is 7.91. The third-order valence-electron chi connectivity index (χ3n) is 3.91. The van der Waals surface area contributed by atoms with E-state index < -0.39 is 24.0 Å². The van der Waals surface area contributed by atoms with E-state index in [0.717, 1.165) is 5.56 Å². The number of nitrogens with zero attached hydrogens (tertiary/aromatic N) is 1. The summed E-state index contributed by atoms with van der Waals surface area (Å²) in [6.07, 6.45) is -0.528. The molecule has 0 radical (unpaired) electrons. The molecule has 1 aliphatic rings. The third-order valence-corrected chi connectivity index (χ3v) is 3.91. The molecule has 1 saturated heterocycles. The zero-order chi connectivity index (χ0) is 18.2. The van der Waals surface area contributed by atoms with Crippen LogP contribution in [0, 0.1) is 0 Å². The van der Waals surface area contributed by atoms with Crippen LogP contribution in [0.25, 0.3) is 0 Å². The fraction of sp³-hybridized carbons (Fsp3) is 0.471. The molecule has 2 rings (SSSR count). The molecule has 8 nitrogen and oxygen atoms in total. The lowest BCUT2D eigenvalue weighted by Crippen LogP contribution is -2.52. The molecule has 0 bridgehead atoms. The number of esters is 2. The van der Waals surface area contributed by atoms with Crippen molar-refractivity contribution in [1.82, 2.24) is 10.2 Å². The third kappa shape index (κ3) is 5.18. The Morgan fingerprint density at radius 3 is 2.60 bits per heavy atom. The van der Waals surface area contributed by atoms with Gasteiger partial charge in [0, 0.05) is 6.54 Å². The van der Waals surface area contributed by atoms with E-state index in [1.165, 1.54) is 14.2 Å². The van der Waals surface area contributed by atoms with Crippen molar-refractivity contribution in [2.45, 2.75) is 18.6 Å². The minimum absolute atomic E-state index is 0.238. The van der Waals surface area contributed by atoms with Gasteiger partial charge in [-0.1, -0.05) is 30.3 Å². The van der Waals surface area contributed by atoms with Gasteiger partial charge in [-0.25, -0.2) is 9.59 Å². The van der Waals surface area contributed by atoms with Crippen LogP contribution in [-0.2, 0) is 23.8 Å². The highest BCUT2D eigenvalue weighted by atomic mass is 16.5. The van der Waals surface area contributed by atoms with Crippen LogP contribution in [0.1, 0.15) is 18.1 Å². The van der Waals surface area contributed by atoms with Crippen molar-refractivity contribution in [2.75, 3.05) is 33.9 Å². The highest BCUT2D eigenvalue weighted by Gasteiger charge is 2.30. The Bertz CT molecular complexity index is 606. The number of ether oxygens (including phenoxy) is 3. The highest BCUT2D eigenvalue weighted by Crippen LogP contribution is 2.22. The standard InChI is InChI=1S/C17H22N2O6/c1-23-15(20)10-13(16(21)24-2)18-17(22)19-8-9-25-14(11-19)12-6-4-3-5-7-12/h3-7,13-14H,8-11H2,1-2H3,(H,18,22). The van der Waals surface area contributed by atoms with Gasteiger partial charge in [0.25, 0.3) is 0 Å². The van der Waals surface area contributed by atoms with Crippen LogP contribution in [0.3, 0.4) is 0 Å². The maximum atomic E-state index is 12.5. The smallest absolute Gasteiger partial charge is 0.329 e. The number of carbonyl (C=O) groups is 3. The second-order valence-corrected chi connectivity index (χ2v) is 5.52. The monoisotopic (exact) mass is 350 g/mol. The molecule has 0 spiro atoms. The summed E-state index contributed by atoms with van der Waals surface area (Å²) >= 11 is 0. The largest absolute Gasteiger partial charge is 0.469 e. The van der Waals surface area contributed by atoms with Gasteiger partial charge in [0.15, 0.2) is 0 Å². The fourth-order valence-electron chi connectivity index (χ4n) is 2.53. The van der Waals surface area contributed by atoms with Crippen LogP contribution in [0.4, 0.5) is 4.79 Å². The van der Waals surface area contributed by atoms with Gasteiger partial charge in [-0.15, -0.1) is 0 Å². The maximum Gasteiger partial charge on any atom is 0.329 e. The number of benzene rings is 1. The van der Waals surface area contributed by atoms with Gasteiger partial charge in [0.1, 0.15) is 12.1 Å². The van der Waals surface area contributed by atoms with E-state index >= 15 is 0 Å². The van der Waals surface area contributed by atoms with Crippen molar-refractivity contribution in [3.8, 4) is 0 Å². The lowest BCUT2D eigenvalue weighted by molar-refractivity contribution is -0.149. The molecule has 1 fully saturated rings. The van der Waals surface area contributed by atoms with Crippen molar-refractivity contribution in [2.24, 2.45) is 0 Å². The number of carbonyl (C=O) groups excluding carboxylic acids is 3. The van der Waals surface area contributed by atoms with Crippen LogP contribution < -0.4 is 5.32 Å². The van der Waals surface area contributed by atoms with E-state index in [1.54, 1.807) is 4.90 Å². The van der Waals surface area contributed by atoms with Gasteiger partial charge >= 0.3 is 18.0 Å². The lowest BCUT2D eigenvalue weighted by atomic mass is 10.1. The topological polar surface area (TPSA) is 94.2 Å². The molecule has 1 aliphatic heterocycles. The molecule has 2 atom stereocenters. The van der Waals surface area contributed by atoms with Crippen LogP contribution in [0.5, 0.6) is 0 Å². The van der Waals surface area contributed by atoms with E-state index in [9.17, 15) is 14.4 Å². The molecule has 1 aromatic rings. The summed E-state index contributed by atoms with van der Waals surface area (Å²) in [6.45, 7) is 1.12. The normalized spacial score (nSPS) is 18.2. The summed E-state index contributed by atoms with van der Waals surface area (Å²) in [5, 5.41) is 2.53. The summed E-state index contributed by atoms with van der Waals surface area (Å²) < 4.78 is 14.9. The van der Waals surface area contributed by atoms with E-state index in [0.29, 0.717) is 19.7 Å². The Kier molecular flexibility index (Phi) is 6.76. The van der Waals surface area contributed by atoms with Gasteiger partial charge in [-0.2, -0.15) is 0 Å². The number of nitrogens with one attached hydrogen (secondary N) is 1. The predicted molar refractivity (Wildman–Crippen MR) is 87.7 cm³/mol. The van der Waals surface area contributed by atoms with Crippen molar-refractivity contribution < 1.29 is 28.6 Å². The number of methoxy groups -OCH3 is 2. The molecular formula is C17H22N2O6. The van der Waals surface area contributed by atoms with Gasteiger partial charge in [0.05, 0.1) is 33.8 Å². The van der Waals surface area contributed by atoms with Crippen molar-refractivity contribution in [3.05, 3.63) is 35.9 Å². The Morgan fingerprint density at radius 1 is 1.24 bits per heavy atom. The zero-order valence-corrected chi connectivity index (χ0v) is 14.3. The Labute approximate surface area is 146 Å². The van der Waals surface area contributed by atoms with Crippen LogP contribution in [0.15, 0.2) is 30.3 Å². The second kappa shape index (κ2) is 9.03. The minimum atomic E-state index is -1.09. The van der Waals surface area contributed by atoms with Crippen molar-refractivity contribution in [1.29, 1.82) is 0 Å². The van der Waals surface area contributed by atoms with E-state index in [2.05, 4.69) is 14.8 Å². The van der Waals surface area contributed by atoms with Gasteiger partial charge in [-0.05, 0) is 5.56 Å². The van der Waals surface area contributed by atoms with Gasteiger partial charge < -0.3 is 24.4 Å². The first kappa shape index (κ1) is 18.7. The first-order chi connectivity index (χ1) is 12.0. The first-order valence-corrected chi connectivity index (χ1v) is 7.91. The average Bonchev–Trinajstić information content (AvgIpc) is 2.67. The van der Waals surface area contributed by atoms with Crippen LogP contribution in [-0.4, -0.2) is 62.8 Å². The second-order valence-electron chi connectivity index (χ2n) is 5.52. The summed E-state index contributed by atoms with van der Waals surface area (Å²) in [6, 6.07) is 8.03. The number of morpholine rings is 1. The number of rotatable bonds is 5. The summed E-state index contributed by atoms with van der Waals surface area (Å²) in [4.78, 5) is 37.2. The van der Waals surface area contributed by atoms with Crippen molar-refractivity contribution >= 4 is 18.0 Å². The summed E-state index contributed by atoms with van der Waals surface area (Å²) in [7, 11) is 2.41. The molecule has 1 heterocycles. The van der Waals surface area contributed by atoms with E-state index in [-0.39, 0.29) is 12.5 Å². The highest BCUT2D eigenvalue weighted by molar-refractivity contribution is 5.87. The predicted octanol–water partition coefficient (Wildman–Crippen LogP) is 0.874. The van der Waals surface area contributed by atoms with E-state index in [4.69, 9.17) is 4.74 Å². The molecule has 1 N–H and O–H groups in total. The fourth-order valence-corrected chi connectivity index (χ4v) is 2.53. The Morgan fingerprint density at radius 2 is 1.96 bits per heavy atom. The SMILES string of the molecule is COC(=O)CC(NC(=O)N1CCOC(c2ccccc2)C1)C(=O)OC. The molecular weight excluding hydrogens is 328 g/mol.